The number of anilines is 2. The van der Waals surface area contributed by atoms with Crippen molar-refractivity contribution in [3.8, 4) is 11.3 Å². The molecule has 0 saturated carbocycles. The topological polar surface area (TPSA) is 114 Å². The van der Waals surface area contributed by atoms with Crippen molar-refractivity contribution in [1.82, 2.24) is 24.3 Å². The van der Waals surface area contributed by atoms with Gasteiger partial charge in [0.25, 0.3) is 0 Å². The van der Waals surface area contributed by atoms with Crippen molar-refractivity contribution >= 4 is 42.6 Å². The van der Waals surface area contributed by atoms with E-state index in [1.165, 1.54) is 0 Å². The van der Waals surface area contributed by atoms with E-state index < -0.39 is 13.7 Å². The molecule has 0 radical (unpaired) electrons. The highest BCUT2D eigenvalue weighted by Crippen LogP contribution is 2.33. The van der Waals surface area contributed by atoms with Gasteiger partial charge in [-0.2, -0.15) is 0 Å². The Labute approximate surface area is 297 Å². The summed E-state index contributed by atoms with van der Waals surface area (Å²) >= 11 is 0. The zero-order valence-electron chi connectivity index (χ0n) is 30.7. The van der Waals surface area contributed by atoms with E-state index in [-0.39, 0.29) is 24.0 Å². The maximum atomic E-state index is 13.4. The molecular weight excluding hydrogens is 651 g/mol. The Balaban J connectivity index is 1.12. The van der Waals surface area contributed by atoms with Gasteiger partial charge in [-0.3, -0.25) is 9.69 Å². The molecule has 1 aromatic carbocycles. The Bertz CT molecular complexity index is 1630. The van der Waals surface area contributed by atoms with Crippen molar-refractivity contribution in [3.63, 3.8) is 0 Å². The van der Waals surface area contributed by atoms with Crippen molar-refractivity contribution in [2.75, 3.05) is 69.3 Å². The molecule has 13 heteroatoms. The third-order valence-corrected chi connectivity index (χ3v) is 11.5. The lowest BCUT2D eigenvalue weighted by molar-refractivity contribution is -0.119. The summed E-state index contributed by atoms with van der Waals surface area (Å²) in [4.78, 5) is 42.0. The van der Waals surface area contributed by atoms with E-state index >= 15 is 0 Å². The largest absolute Gasteiger partial charge is 0.444 e. The molecule has 2 amide bonds. The number of morpholine rings is 1. The number of hydrogen-bond acceptors (Lipinski definition) is 9. The van der Waals surface area contributed by atoms with Crippen LogP contribution in [0.4, 0.5) is 16.3 Å². The van der Waals surface area contributed by atoms with Crippen molar-refractivity contribution in [1.29, 1.82) is 0 Å². The molecule has 2 unspecified atom stereocenters. The summed E-state index contributed by atoms with van der Waals surface area (Å²) < 4.78 is 19.6. The first-order chi connectivity index (χ1) is 23.8. The number of rotatable bonds is 10. The van der Waals surface area contributed by atoms with Gasteiger partial charge in [-0.15, -0.1) is 0 Å². The first-order valence-electron chi connectivity index (χ1n) is 18.2. The minimum absolute atomic E-state index is 0.0374. The number of hydrogen-bond donors (Lipinski definition) is 1. The van der Waals surface area contributed by atoms with E-state index in [2.05, 4.69) is 62.5 Å². The second-order valence-corrected chi connectivity index (χ2v) is 21.7. The monoisotopic (exact) mass is 705 g/mol. The zero-order valence-corrected chi connectivity index (χ0v) is 31.7. The summed E-state index contributed by atoms with van der Waals surface area (Å²) in [6.45, 7) is 19.7. The molecule has 3 aliphatic heterocycles. The predicted octanol–water partition coefficient (Wildman–Crippen LogP) is 5.91. The Hall–Kier alpha value is -3.52. The lowest BCUT2D eigenvalue weighted by Crippen LogP contribution is -2.50. The highest BCUT2D eigenvalue weighted by molar-refractivity contribution is 6.76. The van der Waals surface area contributed by atoms with E-state index in [9.17, 15) is 9.59 Å². The number of carbonyl (C=O) groups excluding carboxylic acids is 2. The third kappa shape index (κ3) is 9.03. The van der Waals surface area contributed by atoms with Gasteiger partial charge in [-0.25, -0.2) is 14.8 Å². The number of nitrogens with zero attached hydrogens (tertiary/aromatic N) is 6. The number of piperidine rings is 1. The minimum atomic E-state index is -1.23. The predicted molar refractivity (Wildman–Crippen MR) is 199 cm³/mol. The van der Waals surface area contributed by atoms with Crippen molar-refractivity contribution < 1.29 is 23.8 Å². The number of aromatic nitrogens is 3. The van der Waals surface area contributed by atoms with Crippen molar-refractivity contribution in [2.45, 2.75) is 84.1 Å². The molecule has 3 saturated heterocycles. The SMILES string of the molecule is CC(C)(C)OC(=O)N1CCCC(N2CCC(C(=O)Nc3ccc(-c4cc5c(N6CCOCC6)ncnc5n4COCC[Si](C)(C)C)cc3)C2)C1. The number of amides is 2. The third-order valence-electron chi connectivity index (χ3n) is 9.80. The second-order valence-electron chi connectivity index (χ2n) is 16.1. The average Bonchev–Trinajstić information content (AvgIpc) is 3.72. The number of nitrogens with one attached hydrogen (secondary N) is 1. The fraction of sp³-hybridized carbons (Fsp3) is 0.622. The summed E-state index contributed by atoms with van der Waals surface area (Å²) in [6, 6.07) is 11.6. The van der Waals surface area contributed by atoms with Gasteiger partial charge >= 0.3 is 6.09 Å². The standard InChI is InChI=1S/C37H55N7O5Si/c1-37(2,3)49-36(46)43-14-7-8-30(24-43)42-15-13-28(23-42)35(45)40-29-11-9-27(10-12-29)32-22-31-33(41-16-18-47-19-17-41)38-25-39-34(31)44(32)26-48-20-21-50(4,5)6/h9-12,22,25,28,30H,7-8,13-21,23-24,26H2,1-6H3,(H,40,45). The van der Waals surface area contributed by atoms with E-state index in [4.69, 9.17) is 19.2 Å². The number of carbonyl (C=O) groups is 2. The van der Waals surface area contributed by atoms with Crippen LogP contribution in [0.3, 0.4) is 0 Å². The van der Waals surface area contributed by atoms with Gasteiger partial charge in [0.05, 0.1) is 30.2 Å². The van der Waals surface area contributed by atoms with E-state index in [0.717, 1.165) is 78.7 Å². The summed E-state index contributed by atoms with van der Waals surface area (Å²) in [5, 5.41) is 4.16. The van der Waals surface area contributed by atoms with Gasteiger partial charge in [0, 0.05) is 59.1 Å². The van der Waals surface area contributed by atoms with Gasteiger partial charge in [-0.05, 0) is 76.4 Å². The molecule has 2 atom stereocenters. The first kappa shape index (κ1) is 36.3. The van der Waals surface area contributed by atoms with Crippen molar-refractivity contribution in [3.05, 3.63) is 36.7 Å². The van der Waals surface area contributed by atoms with E-state index in [0.29, 0.717) is 46.2 Å². The zero-order chi connectivity index (χ0) is 35.5. The number of benzene rings is 1. The second kappa shape index (κ2) is 15.4. The average molecular weight is 706 g/mol. The van der Waals surface area contributed by atoms with Crippen LogP contribution in [0.1, 0.15) is 40.0 Å². The molecule has 5 heterocycles. The van der Waals surface area contributed by atoms with Crippen LogP contribution in [0.15, 0.2) is 36.7 Å². The molecule has 3 aliphatic rings. The summed E-state index contributed by atoms with van der Waals surface area (Å²) in [6.07, 6.45) is 4.16. The van der Waals surface area contributed by atoms with Crippen molar-refractivity contribution in [2.24, 2.45) is 5.92 Å². The van der Waals surface area contributed by atoms with Crippen LogP contribution >= 0.6 is 0 Å². The lowest BCUT2D eigenvalue weighted by Gasteiger charge is -2.38. The Morgan fingerprint density at radius 3 is 2.48 bits per heavy atom. The van der Waals surface area contributed by atoms with Gasteiger partial charge in [0.2, 0.25) is 5.91 Å². The molecule has 6 rings (SSSR count). The van der Waals surface area contributed by atoms with Crippen LogP contribution in [0.5, 0.6) is 0 Å². The molecule has 0 spiro atoms. The molecule has 272 valence electrons. The van der Waals surface area contributed by atoms with Crippen LogP contribution in [0.25, 0.3) is 22.3 Å². The van der Waals surface area contributed by atoms with Gasteiger partial charge < -0.3 is 33.9 Å². The lowest BCUT2D eigenvalue weighted by atomic mass is 10.0. The van der Waals surface area contributed by atoms with Gasteiger partial charge in [0.1, 0.15) is 30.1 Å². The molecule has 50 heavy (non-hydrogen) atoms. The fourth-order valence-corrected chi connectivity index (χ4v) is 7.78. The van der Waals surface area contributed by atoms with Gasteiger partial charge in [-0.1, -0.05) is 31.8 Å². The maximum Gasteiger partial charge on any atom is 0.410 e. The number of fused-ring (bicyclic) bond motifs is 1. The molecule has 0 bridgehead atoms. The molecular formula is C37H55N7O5Si. The minimum Gasteiger partial charge on any atom is -0.444 e. The smallest absolute Gasteiger partial charge is 0.410 e. The highest BCUT2D eigenvalue weighted by atomic mass is 28.3. The Morgan fingerprint density at radius 1 is 1.00 bits per heavy atom. The Kier molecular flexibility index (Phi) is 11.2. The molecule has 2 aromatic heterocycles. The Morgan fingerprint density at radius 2 is 1.76 bits per heavy atom. The molecule has 12 nitrogen and oxygen atoms in total. The number of ether oxygens (including phenoxy) is 3. The van der Waals surface area contributed by atoms with Crippen LogP contribution in [-0.2, 0) is 25.7 Å². The van der Waals surface area contributed by atoms with Crippen LogP contribution in [0.2, 0.25) is 25.7 Å². The quantitative estimate of drug-likeness (QED) is 0.203. The number of likely N-dealkylation sites (tertiary alicyclic amines) is 2. The first-order valence-corrected chi connectivity index (χ1v) is 21.9. The normalized spacial score (nSPS) is 20.8. The van der Waals surface area contributed by atoms with Crippen LogP contribution in [0, 0.1) is 5.92 Å². The summed E-state index contributed by atoms with van der Waals surface area (Å²) in [5.41, 5.74) is 3.12. The highest BCUT2D eigenvalue weighted by Gasteiger charge is 2.36. The fourth-order valence-electron chi connectivity index (χ4n) is 7.03. The van der Waals surface area contributed by atoms with Crippen LogP contribution in [-0.4, -0.2) is 115 Å². The molecule has 3 fully saturated rings. The molecule has 3 aromatic rings. The van der Waals surface area contributed by atoms with Gasteiger partial charge in [0.15, 0.2) is 0 Å². The molecule has 1 N–H and O–H groups in total. The van der Waals surface area contributed by atoms with E-state index in [1.807, 2.05) is 37.8 Å². The summed E-state index contributed by atoms with van der Waals surface area (Å²) in [7, 11) is -1.23. The molecule has 0 aliphatic carbocycles. The van der Waals surface area contributed by atoms with Crippen LogP contribution < -0.4 is 10.2 Å². The van der Waals surface area contributed by atoms with E-state index in [1.54, 1.807) is 6.33 Å². The summed E-state index contributed by atoms with van der Waals surface area (Å²) in [5.74, 6) is 0.857. The maximum absolute atomic E-state index is 13.4.